The predicted molar refractivity (Wildman–Crippen MR) is 109 cm³/mol. The minimum atomic E-state index is -0.132. The van der Waals surface area contributed by atoms with Crippen molar-refractivity contribution in [1.29, 1.82) is 0 Å². The van der Waals surface area contributed by atoms with E-state index in [0.717, 1.165) is 23.3 Å². The number of hydrazone groups is 1. The van der Waals surface area contributed by atoms with Gasteiger partial charge >= 0.3 is 0 Å². The second-order valence-corrected chi connectivity index (χ2v) is 7.67. The summed E-state index contributed by atoms with van der Waals surface area (Å²) in [6, 6.07) is 18.1. The number of carbonyl (C=O) groups excluding carboxylic acids is 1. The van der Waals surface area contributed by atoms with Crippen LogP contribution in [-0.4, -0.2) is 17.9 Å². The third kappa shape index (κ3) is 3.62. The third-order valence-electron chi connectivity index (χ3n) is 4.49. The molecule has 1 N–H and O–H groups in total. The minimum absolute atomic E-state index is 0.132. The molecule has 0 aromatic heterocycles. The zero-order valence-corrected chi connectivity index (χ0v) is 15.6. The van der Waals surface area contributed by atoms with Crippen LogP contribution < -0.4 is 5.43 Å². The number of rotatable bonds is 5. The second-order valence-electron chi connectivity index (χ2n) is 6.19. The second kappa shape index (κ2) is 7.52. The summed E-state index contributed by atoms with van der Waals surface area (Å²) in [4.78, 5) is 13.0. The summed E-state index contributed by atoms with van der Waals surface area (Å²) in [6.07, 6.45) is 3.93. The lowest BCUT2D eigenvalue weighted by Gasteiger charge is -2.05. The molecule has 0 spiro atoms. The highest BCUT2D eigenvalue weighted by Gasteiger charge is 2.14. The summed E-state index contributed by atoms with van der Waals surface area (Å²) < 4.78 is 0. The van der Waals surface area contributed by atoms with Crippen LogP contribution in [0.25, 0.3) is 10.8 Å². The van der Waals surface area contributed by atoms with Crippen molar-refractivity contribution in [3.8, 4) is 0 Å². The highest BCUT2D eigenvalue weighted by atomic mass is 35.5. The van der Waals surface area contributed by atoms with E-state index >= 15 is 0 Å². The molecule has 1 aliphatic carbocycles. The molecule has 0 aliphatic heterocycles. The molecule has 0 heterocycles. The molecule has 0 saturated heterocycles. The van der Waals surface area contributed by atoms with E-state index in [2.05, 4.69) is 40.9 Å². The third-order valence-corrected chi connectivity index (χ3v) is 5.75. The topological polar surface area (TPSA) is 41.5 Å². The Kier molecular flexibility index (Phi) is 4.96. The number of carbonyl (C=O) groups is 1. The Balaban J connectivity index is 1.40. The Labute approximate surface area is 161 Å². The maximum Gasteiger partial charge on any atom is 0.250 e. The number of nitrogens with one attached hydrogen (secondary N) is 1. The quantitative estimate of drug-likeness (QED) is 0.391. The van der Waals surface area contributed by atoms with Crippen molar-refractivity contribution in [3.63, 3.8) is 0 Å². The Morgan fingerprint density at radius 2 is 1.85 bits per heavy atom. The molecule has 1 aliphatic rings. The van der Waals surface area contributed by atoms with E-state index in [-0.39, 0.29) is 5.91 Å². The molecule has 4 rings (SSSR count). The molecule has 0 bridgehead atoms. The maximum absolute atomic E-state index is 12.0. The number of hydrogen-bond acceptors (Lipinski definition) is 3. The fourth-order valence-corrected chi connectivity index (χ4v) is 4.08. The normalized spacial score (nSPS) is 12.8. The summed E-state index contributed by atoms with van der Waals surface area (Å²) in [6.45, 7) is 0. The highest BCUT2D eigenvalue weighted by molar-refractivity contribution is 8.00. The molecule has 0 fully saturated rings. The van der Waals surface area contributed by atoms with E-state index in [0.29, 0.717) is 10.8 Å². The van der Waals surface area contributed by atoms with E-state index < -0.39 is 0 Å². The number of benzene rings is 3. The summed E-state index contributed by atoms with van der Waals surface area (Å²) in [5, 5.41) is 7.38. The van der Waals surface area contributed by atoms with Gasteiger partial charge in [-0.15, -0.1) is 11.8 Å². The average molecular weight is 381 g/mol. The van der Waals surface area contributed by atoms with E-state index in [9.17, 15) is 4.79 Å². The molecule has 0 unspecified atom stereocenters. The smallest absolute Gasteiger partial charge is 0.250 e. The Morgan fingerprint density at radius 1 is 1.08 bits per heavy atom. The molecular formula is C21H17ClN2OS. The Hall–Kier alpha value is -2.30. The molecule has 5 heteroatoms. The lowest BCUT2D eigenvalue weighted by Crippen LogP contribution is -2.19. The Bertz CT molecular complexity index is 989. The van der Waals surface area contributed by atoms with Crippen molar-refractivity contribution < 1.29 is 4.79 Å². The van der Waals surface area contributed by atoms with Gasteiger partial charge in [-0.1, -0.05) is 41.9 Å². The van der Waals surface area contributed by atoms with Crippen LogP contribution in [-0.2, 0) is 17.6 Å². The zero-order valence-electron chi connectivity index (χ0n) is 14.0. The van der Waals surface area contributed by atoms with Crippen molar-refractivity contribution >= 4 is 46.3 Å². The number of amides is 1. The van der Waals surface area contributed by atoms with Gasteiger partial charge in [-0.25, -0.2) is 5.43 Å². The molecule has 1 amide bonds. The van der Waals surface area contributed by atoms with Gasteiger partial charge in [-0.2, -0.15) is 5.10 Å². The molecule has 3 aromatic carbocycles. The molecular weight excluding hydrogens is 364 g/mol. The molecule has 0 radical (unpaired) electrons. The van der Waals surface area contributed by atoms with Crippen LogP contribution in [0.4, 0.5) is 0 Å². The van der Waals surface area contributed by atoms with Crippen molar-refractivity contribution in [2.24, 2.45) is 5.10 Å². The van der Waals surface area contributed by atoms with Gasteiger partial charge in [0.2, 0.25) is 5.91 Å². The average Bonchev–Trinajstić information content (AvgIpc) is 3.08. The summed E-state index contributed by atoms with van der Waals surface area (Å²) in [7, 11) is 0. The van der Waals surface area contributed by atoms with Gasteiger partial charge < -0.3 is 0 Å². The van der Waals surface area contributed by atoms with Crippen LogP contribution in [0.1, 0.15) is 16.7 Å². The molecule has 0 saturated carbocycles. The maximum atomic E-state index is 12.0. The number of thioether (sulfide) groups is 1. The van der Waals surface area contributed by atoms with Crippen molar-refractivity contribution in [2.45, 2.75) is 17.7 Å². The van der Waals surface area contributed by atoms with Crippen LogP contribution in [0, 0.1) is 0 Å². The lowest BCUT2D eigenvalue weighted by atomic mass is 10.0. The number of aryl methyl sites for hydroxylation is 2. The van der Waals surface area contributed by atoms with Gasteiger partial charge in [-0.3, -0.25) is 4.79 Å². The fourth-order valence-electron chi connectivity index (χ4n) is 3.27. The highest BCUT2D eigenvalue weighted by Crippen LogP contribution is 2.32. The number of nitrogens with zero attached hydrogens (tertiary/aromatic N) is 1. The van der Waals surface area contributed by atoms with Crippen molar-refractivity contribution in [3.05, 3.63) is 76.3 Å². The summed E-state index contributed by atoms with van der Waals surface area (Å²) >= 11 is 7.31. The zero-order chi connectivity index (χ0) is 17.9. The first-order chi connectivity index (χ1) is 12.7. The van der Waals surface area contributed by atoms with Crippen LogP contribution in [0.3, 0.4) is 0 Å². The first kappa shape index (κ1) is 17.1. The molecule has 3 nitrogen and oxygen atoms in total. The first-order valence-electron chi connectivity index (χ1n) is 8.44. The van der Waals surface area contributed by atoms with Gasteiger partial charge in [0.05, 0.1) is 12.0 Å². The minimum Gasteiger partial charge on any atom is -0.272 e. The fraction of sp³-hybridized carbons (Fsp3) is 0.143. The van der Waals surface area contributed by atoms with E-state index in [1.54, 1.807) is 6.21 Å². The van der Waals surface area contributed by atoms with Gasteiger partial charge in [0.25, 0.3) is 0 Å². The van der Waals surface area contributed by atoms with Crippen LogP contribution in [0.15, 0.2) is 64.6 Å². The van der Waals surface area contributed by atoms with Crippen LogP contribution in [0.2, 0.25) is 5.02 Å². The van der Waals surface area contributed by atoms with Crippen molar-refractivity contribution in [1.82, 2.24) is 5.43 Å². The van der Waals surface area contributed by atoms with Gasteiger partial charge in [0.1, 0.15) is 0 Å². The molecule has 3 aromatic rings. The molecule has 26 heavy (non-hydrogen) atoms. The SMILES string of the molecule is O=C(CSc1ccc(Cl)cc1)N/N=C/c1ccc2c3c(cccc13)CC2. The van der Waals surface area contributed by atoms with Gasteiger partial charge in [-0.05, 0) is 59.0 Å². The van der Waals surface area contributed by atoms with Gasteiger partial charge in [0, 0.05) is 15.5 Å². The largest absolute Gasteiger partial charge is 0.272 e. The summed E-state index contributed by atoms with van der Waals surface area (Å²) in [5.74, 6) is 0.176. The van der Waals surface area contributed by atoms with Crippen LogP contribution >= 0.6 is 23.4 Å². The number of hydrogen-bond donors (Lipinski definition) is 1. The van der Waals surface area contributed by atoms with E-state index in [1.165, 1.54) is 33.7 Å². The number of halogens is 1. The predicted octanol–water partition coefficient (Wildman–Crippen LogP) is 4.83. The Morgan fingerprint density at radius 3 is 2.65 bits per heavy atom. The standard InChI is InChI=1S/C21H17ClN2OS/c22-17-8-10-18(11-9-17)26-13-20(25)24-23-12-16-7-6-15-5-4-14-2-1-3-19(16)21(14)15/h1-3,6-12H,4-5,13H2,(H,24,25)/b23-12+. The monoisotopic (exact) mass is 380 g/mol. The molecule has 130 valence electrons. The molecule has 0 atom stereocenters. The lowest BCUT2D eigenvalue weighted by molar-refractivity contribution is -0.118. The van der Waals surface area contributed by atoms with Crippen molar-refractivity contribution in [2.75, 3.05) is 5.75 Å². The van der Waals surface area contributed by atoms with E-state index in [1.807, 2.05) is 24.3 Å². The first-order valence-corrected chi connectivity index (χ1v) is 9.81. The van der Waals surface area contributed by atoms with Gasteiger partial charge in [0.15, 0.2) is 0 Å². The van der Waals surface area contributed by atoms with E-state index in [4.69, 9.17) is 11.6 Å². The summed E-state index contributed by atoms with van der Waals surface area (Å²) in [5.41, 5.74) is 6.43. The van der Waals surface area contributed by atoms with Crippen LogP contribution in [0.5, 0.6) is 0 Å².